The molecule has 0 bridgehead atoms. The molecule has 14 heavy (non-hydrogen) atoms. The van der Waals surface area contributed by atoms with Crippen LogP contribution in [0.2, 0.25) is 0 Å². The number of esters is 1. The van der Waals surface area contributed by atoms with Crippen LogP contribution in [-0.2, 0) is 9.53 Å². The van der Waals surface area contributed by atoms with Crippen molar-refractivity contribution in [1.82, 2.24) is 0 Å². The first kappa shape index (κ1) is 11.0. The van der Waals surface area contributed by atoms with Crippen LogP contribution in [0.15, 0.2) is 24.3 Å². The van der Waals surface area contributed by atoms with Crippen molar-refractivity contribution < 1.29 is 9.53 Å². The molecule has 0 saturated carbocycles. The number of allylic oxidation sites excluding steroid dienone is 3. The fourth-order valence-electron chi connectivity index (χ4n) is 1.66. The molecule has 0 amide bonds. The number of hydrogen-bond acceptors (Lipinski definition) is 2. The van der Waals surface area contributed by atoms with E-state index in [1.165, 1.54) is 5.57 Å². The summed E-state index contributed by atoms with van der Waals surface area (Å²) in [5.74, 6) is -0.0700. The summed E-state index contributed by atoms with van der Waals surface area (Å²) in [5, 5.41) is 0. The molecule has 0 aromatic rings. The van der Waals surface area contributed by atoms with Crippen molar-refractivity contribution in [3.05, 3.63) is 24.3 Å². The summed E-state index contributed by atoms with van der Waals surface area (Å²) < 4.78 is 5.06. The molecule has 0 saturated heterocycles. The van der Waals surface area contributed by atoms with E-state index in [2.05, 4.69) is 12.7 Å². The van der Waals surface area contributed by atoms with Crippen LogP contribution < -0.4 is 0 Å². The molecule has 0 aliphatic heterocycles. The summed E-state index contributed by atoms with van der Waals surface area (Å²) in [6.07, 6.45) is 6.52. The maximum Gasteiger partial charge on any atom is 0.312 e. The summed E-state index contributed by atoms with van der Waals surface area (Å²) in [6.45, 7) is 8.01. The fraction of sp³-hybridized carbons (Fsp3) is 0.583. The zero-order valence-corrected chi connectivity index (χ0v) is 9.01. The number of ether oxygens (including phenoxy) is 1. The van der Waals surface area contributed by atoms with Gasteiger partial charge in [0, 0.05) is 0 Å². The molecule has 78 valence electrons. The van der Waals surface area contributed by atoms with Gasteiger partial charge < -0.3 is 4.74 Å². The molecule has 0 aromatic heterocycles. The Labute approximate surface area is 85.6 Å². The first-order chi connectivity index (χ1) is 6.62. The van der Waals surface area contributed by atoms with Crippen LogP contribution in [0, 0.1) is 5.41 Å². The van der Waals surface area contributed by atoms with Gasteiger partial charge in [0.25, 0.3) is 0 Å². The number of rotatable bonds is 3. The average Bonchev–Trinajstić information content (AvgIpc) is 2.19. The highest BCUT2D eigenvalue weighted by Crippen LogP contribution is 2.36. The lowest BCUT2D eigenvalue weighted by atomic mass is 9.76. The maximum atomic E-state index is 11.6. The van der Waals surface area contributed by atoms with Crippen LogP contribution in [0.25, 0.3) is 0 Å². The Balaban J connectivity index is 2.66. The van der Waals surface area contributed by atoms with E-state index >= 15 is 0 Å². The van der Waals surface area contributed by atoms with E-state index < -0.39 is 0 Å². The second-order valence-corrected chi connectivity index (χ2v) is 3.97. The highest BCUT2D eigenvalue weighted by molar-refractivity contribution is 5.77. The zero-order chi connectivity index (χ0) is 10.6. The maximum absolute atomic E-state index is 11.6. The SMILES string of the molecule is C=CC1=CCC(C)(C(=O)OCC)CC1. The highest BCUT2D eigenvalue weighted by Gasteiger charge is 2.35. The number of carbonyl (C=O) groups is 1. The Bertz CT molecular complexity index is 265. The smallest absolute Gasteiger partial charge is 0.312 e. The summed E-state index contributed by atoms with van der Waals surface area (Å²) in [4.78, 5) is 11.6. The van der Waals surface area contributed by atoms with Crippen LogP contribution in [0.3, 0.4) is 0 Å². The van der Waals surface area contributed by atoms with Crippen LogP contribution in [0.1, 0.15) is 33.1 Å². The summed E-state index contributed by atoms with van der Waals surface area (Å²) >= 11 is 0. The molecule has 2 heteroatoms. The third kappa shape index (κ3) is 2.25. The molecule has 1 aliphatic rings. The molecule has 0 aromatic carbocycles. The highest BCUT2D eigenvalue weighted by atomic mass is 16.5. The van der Waals surface area contributed by atoms with Gasteiger partial charge in [-0.3, -0.25) is 4.79 Å². The van der Waals surface area contributed by atoms with Crippen molar-refractivity contribution in [2.75, 3.05) is 6.61 Å². The van der Waals surface area contributed by atoms with E-state index in [9.17, 15) is 4.79 Å². The molecule has 0 fully saturated rings. The number of hydrogen-bond donors (Lipinski definition) is 0. The lowest BCUT2D eigenvalue weighted by Crippen LogP contribution is -2.31. The van der Waals surface area contributed by atoms with Crippen molar-refractivity contribution in [3.63, 3.8) is 0 Å². The Morgan fingerprint density at radius 3 is 2.93 bits per heavy atom. The van der Waals surface area contributed by atoms with Gasteiger partial charge in [0.05, 0.1) is 12.0 Å². The molecule has 0 heterocycles. The van der Waals surface area contributed by atoms with E-state index in [-0.39, 0.29) is 11.4 Å². The molecular formula is C12H18O2. The van der Waals surface area contributed by atoms with Gasteiger partial charge in [-0.25, -0.2) is 0 Å². The van der Waals surface area contributed by atoms with Crippen molar-refractivity contribution in [2.24, 2.45) is 5.41 Å². The molecule has 0 radical (unpaired) electrons. The molecule has 0 spiro atoms. The lowest BCUT2D eigenvalue weighted by Gasteiger charge is -2.29. The van der Waals surface area contributed by atoms with E-state index in [1.54, 1.807) is 0 Å². The van der Waals surface area contributed by atoms with Crippen molar-refractivity contribution in [3.8, 4) is 0 Å². The van der Waals surface area contributed by atoms with Gasteiger partial charge in [0.1, 0.15) is 0 Å². The molecule has 2 nitrogen and oxygen atoms in total. The fourth-order valence-corrected chi connectivity index (χ4v) is 1.66. The second-order valence-electron chi connectivity index (χ2n) is 3.97. The summed E-state index contributed by atoms with van der Waals surface area (Å²) in [5.41, 5.74) is 0.925. The first-order valence-corrected chi connectivity index (χ1v) is 5.11. The Kier molecular flexibility index (Phi) is 3.50. The third-order valence-corrected chi connectivity index (χ3v) is 2.81. The Hall–Kier alpha value is -1.05. The molecular weight excluding hydrogens is 176 g/mol. The summed E-state index contributed by atoms with van der Waals surface area (Å²) in [7, 11) is 0. The van der Waals surface area contributed by atoms with Crippen LogP contribution in [0.4, 0.5) is 0 Å². The van der Waals surface area contributed by atoms with Crippen LogP contribution >= 0.6 is 0 Å². The van der Waals surface area contributed by atoms with E-state index in [0.29, 0.717) is 6.61 Å². The molecule has 1 aliphatic carbocycles. The predicted octanol–water partition coefficient (Wildman–Crippen LogP) is 2.85. The number of carbonyl (C=O) groups excluding carboxylic acids is 1. The monoisotopic (exact) mass is 194 g/mol. The van der Waals surface area contributed by atoms with Gasteiger partial charge in [-0.05, 0) is 33.1 Å². The van der Waals surface area contributed by atoms with Gasteiger partial charge in [-0.1, -0.05) is 24.3 Å². The van der Waals surface area contributed by atoms with Gasteiger partial charge in [0.2, 0.25) is 0 Å². The first-order valence-electron chi connectivity index (χ1n) is 5.11. The summed E-state index contributed by atoms with van der Waals surface area (Å²) in [6, 6.07) is 0. The molecule has 1 unspecified atom stereocenters. The van der Waals surface area contributed by atoms with Crippen LogP contribution in [0.5, 0.6) is 0 Å². The largest absolute Gasteiger partial charge is 0.466 e. The van der Waals surface area contributed by atoms with Gasteiger partial charge in [-0.2, -0.15) is 0 Å². The normalized spacial score (nSPS) is 26.6. The molecule has 1 rings (SSSR count). The molecule has 1 atom stereocenters. The Morgan fingerprint density at radius 2 is 2.50 bits per heavy atom. The Morgan fingerprint density at radius 1 is 1.79 bits per heavy atom. The van der Waals surface area contributed by atoms with E-state index in [0.717, 1.165) is 19.3 Å². The minimum atomic E-state index is -0.317. The minimum absolute atomic E-state index is 0.0700. The van der Waals surface area contributed by atoms with Gasteiger partial charge in [0.15, 0.2) is 0 Å². The van der Waals surface area contributed by atoms with Crippen LogP contribution in [-0.4, -0.2) is 12.6 Å². The molecule has 0 N–H and O–H groups in total. The van der Waals surface area contributed by atoms with E-state index in [1.807, 2.05) is 19.9 Å². The van der Waals surface area contributed by atoms with Gasteiger partial charge in [-0.15, -0.1) is 0 Å². The van der Waals surface area contributed by atoms with Crippen molar-refractivity contribution in [1.29, 1.82) is 0 Å². The standard InChI is InChI=1S/C12H18O2/c1-4-10-6-8-12(3,9-7-10)11(13)14-5-2/h4,6H,1,5,7-9H2,2-3H3. The van der Waals surface area contributed by atoms with E-state index in [4.69, 9.17) is 4.74 Å². The van der Waals surface area contributed by atoms with Gasteiger partial charge >= 0.3 is 5.97 Å². The topological polar surface area (TPSA) is 26.3 Å². The van der Waals surface area contributed by atoms with Crippen molar-refractivity contribution in [2.45, 2.75) is 33.1 Å². The lowest BCUT2D eigenvalue weighted by molar-refractivity contribution is -0.154. The second kappa shape index (κ2) is 4.45. The third-order valence-electron chi connectivity index (χ3n) is 2.81. The minimum Gasteiger partial charge on any atom is -0.466 e. The average molecular weight is 194 g/mol. The quantitative estimate of drug-likeness (QED) is 0.646. The zero-order valence-electron chi connectivity index (χ0n) is 9.01. The predicted molar refractivity (Wildman–Crippen MR) is 56.9 cm³/mol. The van der Waals surface area contributed by atoms with Crippen molar-refractivity contribution >= 4 is 5.97 Å².